The van der Waals surface area contributed by atoms with Gasteiger partial charge in [-0.05, 0) is 29.3 Å². The second-order valence-corrected chi connectivity index (χ2v) is 4.64. The average Bonchev–Trinajstić information content (AvgIpc) is 2.51. The zero-order chi connectivity index (χ0) is 15.1. The number of ketones is 1. The lowest BCUT2D eigenvalue weighted by Gasteiger charge is -2.08. The summed E-state index contributed by atoms with van der Waals surface area (Å²) in [5.41, 5.74) is 9.56. The maximum atomic E-state index is 11.7. The van der Waals surface area contributed by atoms with E-state index in [0.29, 0.717) is 17.9 Å². The van der Waals surface area contributed by atoms with Gasteiger partial charge < -0.3 is 4.74 Å². The fraction of sp³-hybridized carbons (Fsp3) is 0.133. The van der Waals surface area contributed by atoms with Crippen LogP contribution in [0.5, 0.6) is 5.75 Å². The predicted octanol–water partition coefficient (Wildman–Crippen LogP) is 4.41. The van der Waals surface area contributed by atoms with Crippen LogP contribution in [-0.4, -0.2) is 12.3 Å². The molecular formula is C15H12ClN3O2. The van der Waals surface area contributed by atoms with Gasteiger partial charge in [-0.15, -0.1) is 0 Å². The Balaban J connectivity index is 2.05. The highest BCUT2D eigenvalue weighted by atomic mass is 35.5. The van der Waals surface area contributed by atoms with Crippen molar-refractivity contribution in [3.05, 3.63) is 75.1 Å². The van der Waals surface area contributed by atoms with E-state index in [4.69, 9.17) is 21.9 Å². The first kappa shape index (κ1) is 14.9. The third kappa shape index (κ3) is 4.24. The Morgan fingerprint density at radius 3 is 2.67 bits per heavy atom. The molecule has 5 nitrogen and oxygen atoms in total. The molecule has 0 bridgehead atoms. The highest BCUT2D eigenvalue weighted by molar-refractivity contribution is 6.34. The zero-order valence-corrected chi connectivity index (χ0v) is 11.8. The SMILES string of the molecule is [N-]=[N+]=NCC(=O)c1ccc(OCc2ccccc2)cc1Cl. The van der Waals surface area contributed by atoms with Crippen molar-refractivity contribution in [3.8, 4) is 5.75 Å². The lowest BCUT2D eigenvalue weighted by atomic mass is 10.1. The van der Waals surface area contributed by atoms with E-state index in [0.717, 1.165) is 5.56 Å². The number of carbonyl (C=O) groups is 1. The molecule has 0 unspecified atom stereocenters. The normalized spacial score (nSPS) is 9.76. The summed E-state index contributed by atoms with van der Waals surface area (Å²) in [6.07, 6.45) is 0. The summed E-state index contributed by atoms with van der Waals surface area (Å²) in [5, 5.41) is 3.51. The van der Waals surface area contributed by atoms with Crippen molar-refractivity contribution >= 4 is 17.4 Å². The van der Waals surface area contributed by atoms with Crippen LogP contribution >= 0.6 is 11.6 Å². The molecule has 0 fully saturated rings. The Morgan fingerprint density at radius 1 is 1.24 bits per heavy atom. The molecule has 2 rings (SSSR count). The number of hydrogen-bond donors (Lipinski definition) is 0. The summed E-state index contributed by atoms with van der Waals surface area (Å²) in [6.45, 7) is 0.170. The molecule has 0 spiro atoms. The molecule has 0 saturated heterocycles. The fourth-order valence-electron chi connectivity index (χ4n) is 1.73. The van der Waals surface area contributed by atoms with Crippen LogP contribution < -0.4 is 4.74 Å². The molecule has 0 aliphatic carbocycles. The van der Waals surface area contributed by atoms with E-state index >= 15 is 0 Å². The van der Waals surface area contributed by atoms with Gasteiger partial charge in [0.25, 0.3) is 0 Å². The van der Waals surface area contributed by atoms with Gasteiger partial charge >= 0.3 is 0 Å². The molecule has 0 saturated carbocycles. The maximum absolute atomic E-state index is 11.7. The van der Waals surface area contributed by atoms with Crippen molar-refractivity contribution in [1.29, 1.82) is 0 Å². The van der Waals surface area contributed by atoms with Crippen molar-refractivity contribution in [2.24, 2.45) is 5.11 Å². The number of benzene rings is 2. The first-order valence-electron chi connectivity index (χ1n) is 6.21. The van der Waals surface area contributed by atoms with Crippen LogP contribution in [0.2, 0.25) is 5.02 Å². The summed E-state index contributed by atoms with van der Waals surface area (Å²) < 4.78 is 5.61. The molecule has 0 N–H and O–H groups in total. The van der Waals surface area contributed by atoms with E-state index in [1.807, 2.05) is 30.3 Å². The summed E-state index contributed by atoms with van der Waals surface area (Å²) in [4.78, 5) is 14.3. The largest absolute Gasteiger partial charge is 0.489 e. The highest BCUT2D eigenvalue weighted by Crippen LogP contribution is 2.23. The summed E-state index contributed by atoms with van der Waals surface area (Å²) >= 11 is 6.05. The van der Waals surface area contributed by atoms with Crippen LogP contribution in [0, 0.1) is 0 Å². The number of azide groups is 1. The fourth-order valence-corrected chi connectivity index (χ4v) is 2.01. The summed E-state index contributed by atoms with van der Waals surface area (Å²) in [7, 11) is 0. The maximum Gasteiger partial charge on any atom is 0.170 e. The average molecular weight is 302 g/mol. The number of rotatable bonds is 6. The van der Waals surface area contributed by atoms with Crippen molar-refractivity contribution in [2.45, 2.75) is 6.61 Å². The topological polar surface area (TPSA) is 75.1 Å². The van der Waals surface area contributed by atoms with Crippen molar-refractivity contribution in [1.82, 2.24) is 0 Å². The number of halogens is 1. The Bertz CT molecular complexity index is 683. The number of Topliss-reactive ketones (excluding diaryl/α,β-unsaturated/α-hetero) is 1. The van der Waals surface area contributed by atoms with Gasteiger partial charge in [0, 0.05) is 10.5 Å². The molecule has 0 amide bonds. The first-order chi connectivity index (χ1) is 10.2. The van der Waals surface area contributed by atoms with Gasteiger partial charge in [-0.25, -0.2) is 0 Å². The van der Waals surface area contributed by atoms with E-state index in [2.05, 4.69) is 10.0 Å². The molecule has 2 aromatic rings. The van der Waals surface area contributed by atoms with E-state index in [1.165, 1.54) is 0 Å². The van der Waals surface area contributed by atoms with Crippen molar-refractivity contribution in [2.75, 3.05) is 6.54 Å². The first-order valence-corrected chi connectivity index (χ1v) is 6.59. The second-order valence-electron chi connectivity index (χ2n) is 4.23. The van der Waals surface area contributed by atoms with Gasteiger partial charge in [-0.3, -0.25) is 4.79 Å². The quantitative estimate of drug-likeness (QED) is 0.343. The van der Waals surface area contributed by atoms with Crippen LogP contribution in [-0.2, 0) is 6.61 Å². The highest BCUT2D eigenvalue weighted by Gasteiger charge is 2.10. The van der Waals surface area contributed by atoms with Crippen LogP contribution in [0.25, 0.3) is 10.4 Å². The standard InChI is InChI=1S/C15H12ClN3O2/c16-14-8-12(21-10-11-4-2-1-3-5-11)6-7-13(14)15(20)9-18-19-17/h1-8H,9-10H2. The monoisotopic (exact) mass is 301 g/mol. The van der Waals surface area contributed by atoms with Crippen molar-refractivity contribution < 1.29 is 9.53 Å². The zero-order valence-electron chi connectivity index (χ0n) is 11.1. The lowest BCUT2D eigenvalue weighted by Crippen LogP contribution is -2.04. The minimum Gasteiger partial charge on any atom is -0.489 e. The minimum absolute atomic E-state index is 0.250. The van der Waals surface area contributed by atoms with Crippen molar-refractivity contribution in [3.63, 3.8) is 0 Å². The third-order valence-electron chi connectivity index (χ3n) is 2.77. The van der Waals surface area contributed by atoms with Gasteiger partial charge in [0.2, 0.25) is 0 Å². The van der Waals surface area contributed by atoms with E-state index in [-0.39, 0.29) is 17.4 Å². The molecule has 0 atom stereocenters. The third-order valence-corrected chi connectivity index (χ3v) is 3.08. The van der Waals surface area contributed by atoms with Gasteiger partial charge in [0.05, 0.1) is 11.6 Å². The molecular weight excluding hydrogens is 290 g/mol. The smallest absolute Gasteiger partial charge is 0.170 e. The predicted molar refractivity (Wildman–Crippen MR) is 80.6 cm³/mol. The van der Waals surface area contributed by atoms with E-state index in [1.54, 1.807) is 18.2 Å². The van der Waals surface area contributed by atoms with Gasteiger partial charge in [-0.1, -0.05) is 47.0 Å². The van der Waals surface area contributed by atoms with Gasteiger partial charge in [0.1, 0.15) is 12.4 Å². The molecule has 0 heterocycles. The number of carbonyl (C=O) groups excluding carboxylic acids is 1. The number of hydrogen-bond acceptors (Lipinski definition) is 3. The molecule has 2 aromatic carbocycles. The summed E-state index contributed by atoms with van der Waals surface area (Å²) in [5.74, 6) is 0.247. The van der Waals surface area contributed by atoms with Crippen LogP contribution in [0.3, 0.4) is 0 Å². The lowest BCUT2D eigenvalue weighted by molar-refractivity contribution is 0.100. The summed E-state index contributed by atoms with van der Waals surface area (Å²) in [6, 6.07) is 14.5. The van der Waals surface area contributed by atoms with E-state index in [9.17, 15) is 4.79 Å². The van der Waals surface area contributed by atoms with Crippen LogP contribution in [0.4, 0.5) is 0 Å². The minimum atomic E-state index is -0.326. The van der Waals surface area contributed by atoms with Crippen LogP contribution in [0.1, 0.15) is 15.9 Å². The van der Waals surface area contributed by atoms with E-state index < -0.39 is 0 Å². The van der Waals surface area contributed by atoms with Gasteiger partial charge in [0.15, 0.2) is 5.78 Å². The Labute approximate surface area is 126 Å². The molecule has 106 valence electrons. The molecule has 0 radical (unpaired) electrons. The molecule has 0 aliphatic heterocycles. The second kappa shape index (κ2) is 7.33. The molecule has 0 aliphatic rings. The Morgan fingerprint density at radius 2 is 2.00 bits per heavy atom. The molecule has 21 heavy (non-hydrogen) atoms. The number of nitrogens with zero attached hydrogens (tertiary/aromatic N) is 3. The Kier molecular flexibility index (Phi) is 5.21. The Hall–Kier alpha value is -2.49. The molecule has 6 heteroatoms. The van der Waals surface area contributed by atoms with Gasteiger partial charge in [-0.2, -0.15) is 0 Å². The van der Waals surface area contributed by atoms with Crippen LogP contribution in [0.15, 0.2) is 53.6 Å². The molecule has 0 aromatic heterocycles. The number of ether oxygens (including phenoxy) is 1.